The third kappa shape index (κ3) is 4.78. The van der Waals surface area contributed by atoms with E-state index in [1.165, 1.54) is 4.41 Å². The van der Waals surface area contributed by atoms with E-state index in [9.17, 15) is 8.42 Å². The lowest BCUT2D eigenvalue weighted by Crippen LogP contribution is -2.27. The summed E-state index contributed by atoms with van der Waals surface area (Å²) in [4.78, 5) is 0.187. The molecule has 0 amide bonds. The summed E-state index contributed by atoms with van der Waals surface area (Å²) in [5.41, 5.74) is 5.93. The summed E-state index contributed by atoms with van der Waals surface area (Å²) in [5, 5.41) is 9.70. The van der Waals surface area contributed by atoms with Crippen molar-refractivity contribution in [2.24, 2.45) is 5.10 Å². The van der Waals surface area contributed by atoms with Crippen LogP contribution in [0.4, 0.5) is 0 Å². The molecule has 2 heterocycles. The lowest BCUT2D eigenvalue weighted by Gasteiger charge is -2.23. The molecule has 0 radical (unpaired) electrons. The van der Waals surface area contributed by atoms with Gasteiger partial charge in [0.05, 0.1) is 35.1 Å². The fourth-order valence-corrected chi connectivity index (χ4v) is 6.33. The summed E-state index contributed by atoms with van der Waals surface area (Å²) >= 11 is 0. The monoisotopic (exact) mass is 548 g/mol. The minimum atomic E-state index is -3.97. The number of ether oxygens (including phenoxy) is 1. The van der Waals surface area contributed by atoms with E-state index in [-0.39, 0.29) is 4.90 Å². The van der Waals surface area contributed by atoms with E-state index in [1.54, 1.807) is 37.4 Å². The molecule has 7 nitrogen and oxygen atoms in total. The van der Waals surface area contributed by atoms with Crippen molar-refractivity contribution >= 4 is 15.7 Å². The smallest absolute Gasteiger partial charge is 0.279 e. The molecule has 0 spiro atoms. The fraction of sp³-hybridized carbons (Fsp3) is 0.125. The molecule has 1 atom stereocenters. The Morgan fingerprint density at radius 3 is 2.08 bits per heavy atom. The van der Waals surface area contributed by atoms with Crippen molar-refractivity contribution < 1.29 is 13.2 Å². The first-order valence-electron chi connectivity index (χ1n) is 13.0. The molecule has 0 saturated heterocycles. The second-order valence-corrected chi connectivity index (χ2v) is 11.5. The van der Waals surface area contributed by atoms with Crippen molar-refractivity contribution in [1.82, 2.24) is 14.2 Å². The molecule has 0 aliphatic carbocycles. The average Bonchev–Trinajstić information content (AvgIpc) is 3.64. The second kappa shape index (κ2) is 10.5. The Morgan fingerprint density at radius 1 is 0.800 bits per heavy atom. The molecule has 0 fully saturated rings. The van der Waals surface area contributed by atoms with E-state index in [0.717, 1.165) is 33.7 Å². The summed E-state index contributed by atoms with van der Waals surface area (Å²) in [6.07, 6.45) is 2.31. The van der Waals surface area contributed by atoms with Gasteiger partial charge in [-0.25, -0.2) is 4.68 Å². The predicted molar refractivity (Wildman–Crippen MR) is 156 cm³/mol. The zero-order chi connectivity index (χ0) is 27.7. The predicted octanol–water partition coefficient (Wildman–Crippen LogP) is 6.40. The SMILES string of the molecule is COc1ccc(C2=NN(S(=O)(=O)c3ccccc3)[C@H](c3cn(-c4ccccc4)nc3-c3ccc(C)cc3)C2)cc1. The Labute approximate surface area is 234 Å². The number of para-hydroxylation sites is 1. The summed E-state index contributed by atoms with van der Waals surface area (Å²) < 4.78 is 36.5. The number of hydrogen-bond acceptors (Lipinski definition) is 5. The van der Waals surface area contributed by atoms with E-state index in [2.05, 4.69) is 0 Å². The van der Waals surface area contributed by atoms with Gasteiger partial charge in [0, 0.05) is 23.7 Å². The Morgan fingerprint density at radius 2 is 1.43 bits per heavy atom. The maximum absolute atomic E-state index is 14.0. The van der Waals surface area contributed by atoms with Gasteiger partial charge in [0.1, 0.15) is 5.75 Å². The fourth-order valence-electron chi connectivity index (χ4n) is 4.88. The van der Waals surface area contributed by atoms with Crippen LogP contribution in [0.15, 0.2) is 125 Å². The third-order valence-electron chi connectivity index (χ3n) is 7.03. The average molecular weight is 549 g/mol. The molecule has 0 unspecified atom stereocenters. The molecule has 40 heavy (non-hydrogen) atoms. The molecule has 0 saturated carbocycles. The molecular weight excluding hydrogens is 520 g/mol. The van der Waals surface area contributed by atoms with Crippen LogP contribution in [0.3, 0.4) is 0 Å². The van der Waals surface area contributed by atoms with E-state index >= 15 is 0 Å². The van der Waals surface area contributed by atoms with Crippen molar-refractivity contribution in [1.29, 1.82) is 0 Å². The molecular formula is C32H28N4O3S. The topological polar surface area (TPSA) is 76.8 Å². The first-order valence-corrected chi connectivity index (χ1v) is 14.4. The van der Waals surface area contributed by atoms with Crippen LogP contribution in [0.2, 0.25) is 0 Å². The molecule has 8 heteroatoms. The number of hydrazone groups is 1. The van der Waals surface area contributed by atoms with Gasteiger partial charge in [-0.15, -0.1) is 0 Å². The van der Waals surface area contributed by atoms with Crippen LogP contribution in [0.5, 0.6) is 5.75 Å². The van der Waals surface area contributed by atoms with E-state index in [1.807, 2.05) is 96.7 Å². The van der Waals surface area contributed by atoms with Gasteiger partial charge < -0.3 is 4.74 Å². The number of nitrogens with zero attached hydrogens (tertiary/aromatic N) is 4. The minimum absolute atomic E-state index is 0.187. The standard InChI is InChI=1S/C32H28N4O3S/c1-23-13-15-25(16-14-23)32-29(22-35(34-32)26-9-5-3-6-10-26)31-21-30(24-17-19-27(39-2)20-18-24)33-36(31)40(37,38)28-11-7-4-8-12-28/h3-20,22,31H,21H2,1-2H3/t31-/m0/s1. The highest BCUT2D eigenvalue weighted by Gasteiger charge is 2.40. The number of hydrogen-bond donors (Lipinski definition) is 0. The third-order valence-corrected chi connectivity index (χ3v) is 8.73. The van der Waals surface area contributed by atoms with E-state index in [4.69, 9.17) is 14.9 Å². The highest BCUT2D eigenvalue weighted by molar-refractivity contribution is 7.89. The second-order valence-electron chi connectivity index (χ2n) is 9.66. The Balaban J connectivity index is 1.51. The molecule has 200 valence electrons. The highest BCUT2D eigenvalue weighted by atomic mass is 32.2. The Bertz CT molecular complexity index is 1760. The van der Waals surface area contributed by atoms with Crippen molar-refractivity contribution in [3.63, 3.8) is 0 Å². The van der Waals surface area contributed by atoms with Crippen LogP contribution in [0, 0.1) is 6.92 Å². The molecule has 1 aliphatic rings. The molecule has 1 aromatic heterocycles. The van der Waals surface area contributed by atoms with Gasteiger partial charge in [0.15, 0.2) is 0 Å². The minimum Gasteiger partial charge on any atom is -0.497 e. The van der Waals surface area contributed by atoms with Gasteiger partial charge >= 0.3 is 0 Å². The van der Waals surface area contributed by atoms with Gasteiger partial charge in [-0.1, -0.05) is 66.2 Å². The largest absolute Gasteiger partial charge is 0.497 e. The zero-order valence-corrected chi connectivity index (χ0v) is 23.0. The van der Waals surface area contributed by atoms with Gasteiger partial charge in [0.2, 0.25) is 0 Å². The molecule has 6 rings (SSSR count). The molecule has 4 aromatic carbocycles. The maximum atomic E-state index is 14.0. The molecule has 0 bridgehead atoms. The van der Waals surface area contributed by atoms with E-state index in [0.29, 0.717) is 17.8 Å². The van der Waals surface area contributed by atoms with Crippen LogP contribution < -0.4 is 4.74 Å². The summed E-state index contributed by atoms with van der Waals surface area (Å²) in [5.74, 6) is 0.721. The number of benzene rings is 4. The van der Waals surface area contributed by atoms with Crippen LogP contribution in [0.1, 0.15) is 29.2 Å². The quantitative estimate of drug-likeness (QED) is 0.236. The Kier molecular flexibility index (Phi) is 6.69. The van der Waals surface area contributed by atoms with Gasteiger partial charge in [-0.3, -0.25) is 0 Å². The van der Waals surface area contributed by atoms with Crippen LogP contribution in [0.25, 0.3) is 16.9 Å². The van der Waals surface area contributed by atoms with Crippen LogP contribution in [-0.4, -0.2) is 35.4 Å². The van der Waals surface area contributed by atoms with Crippen molar-refractivity contribution in [3.05, 3.63) is 132 Å². The van der Waals surface area contributed by atoms with Crippen molar-refractivity contribution in [2.75, 3.05) is 7.11 Å². The highest BCUT2D eigenvalue weighted by Crippen LogP contribution is 2.41. The number of rotatable bonds is 7. The lowest BCUT2D eigenvalue weighted by atomic mass is 9.97. The number of sulfonamides is 1. The van der Waals surface area contributed by atoms with Gasteiger partial charge in [-0.2, -0.15) is 23.0 Å². The normalized spacial score (nSPS) is 15.2. The van der Waals surface area contributed by atoms with Crippen molar-refractivity contribution in [2.45, 2.75) is 24.3 Å². The van der Waals surface area contributed by atoms with Crippen molar-refractivity contribution in [3.8, 4) is 22.7 Å². The van der Waals surface area contributed by atoms with Crippen LogP contribution in [-0.2, 0) is 10.0 Å². The lowest BCUT2D eigenvalue weighted by molar-refractivity contribution is 0.372. The van der Waals surface area contributed by atoms with Gasteiger partial charge in [-0.05, 0) is 61.0 Å². The van der Waals surface area contributed by atoms with E-state index < -0.39 is 16.1 Å². The summed E-state index contributed by atoms with van der Waals surface area (Å²) in [7, 11) is -2.35. The first-order chi connectivity index (χ1) is 19.4. The Hall–Kier alpha value is -4.69. The number of aromatic nitrogens is 2. The van der Waals surface area contributed by atoms with Gasteiger partial charge in [0.25, 0.3) is 10.0 Å². The molecule has 1 aliphatic heterocycles. The first kappa shape index (κ1) is 25.6. The molecule has 0 N–H and O–H groups in total. The summed E-state index contributed by atoms with van der Waals surface area (Å²) in [6.45, 7) is 2.04. The number of aryl methyl sites for hydroxylation is 1. The maximum Gasteiger partial charge on any atom is 0.279 e. The van der Waals surface area contributed by atoms with Crippen LogP contribution >= 0.6 is 0 Å². The summed E-state index contributed by atoms with van der Waals surface area (Å²) in [6, 6.07) is 33.3. The zero-order valence-electron chi connectivity index (χ0n) is 22.2. The number of methoxy groups -OCH3 is 1. The molecule has 5 aromatic rings.